The molecule has 0 saturated heterocycles. The number of amides is 2. The van der Waals surface area contributed by atoms with Crippen molar-refractivity contribution in [1.82, 2.24) is 5.32 Å². The average molecular weight is 289 g/mol. The Bertz CT molecular complexity index is 461. The number of hydrogen-bond acceptors (Lipinski definition) is 2. The normalized spacial score (nSPS) is 10.3. The van der Waals surface area contributed by atoms with E-state index < -0.39 is 11.8 Å². The van der Waals surface area contributed by atoms with Crippen LogP contribution in [0.4, 0.5) is 5.69 Å². The fraction of sp³-hybridized carbons (Fsp3) is 0.333. The van der Waals surface area contributed by atoms with Crippen LogP contribution >= 0.6 is 23.2 Å². The predicted octanol–water partition coefficient (Wildman–Crippen LogP) is 2.70. The molecule has 6 heteroatoms. The lowest BCUT2D eigenvalue weighted by atomic mass is 10.2. The summed E-state index contributed by atoms with van der Waals surface area (Å²) < 4.78 is 0. The Balaban J connectivity index is 2.64. The maximum Gasteiger partial charge on any atom is 0.313 e. The van der Waals surface area contributed by atoms with Crippen molar-refractivity contribution in [1.29, 1.82) is 0 Å². The minimum Gasteiger partial charge on any atom is -0.348 e. The Morgan fingerprint density at radius 3 is 2.50 bits per heavy atom. The van der Waals surface area contributed by atoms with Gasteiger partial charge in [0, 0.05) is 6.54 Å². The van der Waals surface area contributed by atoms with Crippen LogP contribution < -0.4 is 10.6 Å². The topological polar surface area (TPSA) is 58.2 Å². The summed E-state index contributed by atoms with van der Waals surface area (Å²) in [5.41, 5.74) is 0.314. The number of benzene rings is 1. The van der Waals surface area contributed by atoms with Crippen LogP contribution in [0.3, 0.4) is 0 Å². The summed E-state index contributed by atoms with van der Waals surface area (Å²) in [6.45, 7) is 4.31. The number of nitrogens with one attached hydrogen (secondary N) is 2. The summed E-state index contributed by atoms with van der Waals surface area (Å²) in [4.78, 5) is 23.0. The van der Waals surface area contributed by atoms with E-state index >= 15 is 0 Å². The molecule has 1 aromatic rings. The molecule has 0 aliphatic rings. The second kappa shape index (κ2) is 6.61. The van der Waals surface area contributed by atoms with Crippen molar-refractivity contribution in [3.63, 3.8) is 0 Å². The number of hydrogen-bond donors (Lipinski definition) is 2. The lowest BCUT2D eigenvalue weighted by Gasteiger charge is -2.09. The molecule has 98 valence electrons. The van der Waals surface area contributed by atoms with E-state index in [0.717, 1.165) is 0 Å². The molecule has 0 aromatic heterocycles. The fourth-order valence-electron chi connectivity index (χ4n) is 1.16. The molecule has 0 bridgehead atoms. The number of carbonyl (C=O) groups is 2. The van der Waals surface area contributed by atoms with E-state index in [4.69, 9.17) is 23.2 Å². The lowest BCUT2D eigenvalue weighted by Crippen LogP contribution is -2.37. The Kier molecular flexibility index (Phi) is 5.44. The molecule has 0 atom stereocenters. The van der Waals surface area contributed by atoms with Gasteiger partial charge in [0.05, 0.1) is 15.7 Å². The third-order valence-corrected chi connectivity index (χ3v) is 2.90. The van der Waals surface area contributed by atoms with E-state index in [1.165, 1.54) is 0 Å². The van der Waals surface area contributed by atoms with Crippen molar-refractivity contribution in [3.05, 3.63) is 28.2 Å². The number of carbonyl (C=O) groups excluding carboxylic acids is 2. The second-order valence-corrected chi connectivity index (χ2v) is 4.94. The van der Waals surface area contributed by atoms with Gasteiger partial charge in [0.15, 0.2) is 0 Å². The van der Waals surface area contributed by atoms with E-state index in [1.807, 2.05) is 13.8 Å². The van der Waals surface area contributed by atoms with Crippen LogP contribution in [0.5, 0.6) is 0 Å². The standard InChI is InChI=1S/C12H14Cl2N2O2/c1-7(2)6-15-11(17)12(18)16-9-5-3-4-8(13)10(9)14/h3-5,7H,6H2,1-2H3,(H,15,17)(H,16,18). The summed E-state index contributed by atoms with van der Waals surface area (Å²) in [6, 6.07) is 4.80. The van der Waals surface area contributed by atoms with Crippen molar-refractivity contribution >= 4 is 40.7 Å². The Morgan fingerprint density at radius 1 is 1.22 bits per heavy atom. The van der Waals surface area contributed by atoms with Gasteiger partial charge in [-0.1, -0.05) is 43.1 Å². The Morgan fingerprint density at radius 2 is 1.89 bits per heavy atom. The highest BCUT2D eigenvalue weighted by atomic mass is 35.5. The van der Waals surface area contributed by atoms with Crippen LogP contribution in [0, 0.1) is 5.92 Å². The molecule has 0 aliphatic carbocycles. The molecule has 2 N–H and O–H groups in total. The van der Waals surface area contributed by atoms with Crippen LogP contribution in [0.1, 0.15) is 13.8 Å². The highest BCUT2D eigenvalue weighted by molar-refractivity contribution is 6.45. The first-order valence-electron chi connectivity index (χ1n) is 5.45. The van der Waals surface area contributed by atoms with Gasteiger partial charge in [0.2, 0.25) is 0 Å². The van der Waals surface area contributed by atoms with E-state index in [1.54, 1.807) is 18.2 Å². The average Bonchev–Trinajstić information content (AvgIpc) is 2.31. The van der Waals surface area contributed by atoms with E-state index in [9.17, 15) is 9.59 Å². The second-order valence-electron chi connectivity index (χ2n) is 4.16. The lowest BCUT2D eigenvalue weighted by molar-refractivity contribution is -0.136. The number of anilines is 1. The molecule has 1 aromatic carbocycles. The Labute approximate surface area is 116 Å². The minimum atomic E-state index is -0.764. The molecule has 0 unspecified atom stereocenters. The summed E-state index contributed by atoms with van der Waals surface area (Å²) >= 11 is 11.7. The quantitative estimate of drug-likeness (QED) is 0.840. The van der Waals surface area contributed by atoms with Crippen LogP contribution in [-0.4, -0.2) is 18.4 Å². The van der Waals surface area contributed by atoms with Crippen molar-refractivity contribution in [3.8, 4) is 0 Å². The summed E-state index contributed by atoms with van der Waals surface area (Å²) in [7, 11) is 0. The van der Waals surface area contributed by atoms with Crippen LogP contribution in [0.2, 0.25) is 10.0 Å². The van der Waals surface area contributed by atoms with Crippen molar-refractivity contribution < 1.29 is 9.59 Å². The van der Waals surface area contributed by atoms with Gasteiger partial charge in [-0.2, -0.15) is 0 Å². The summed E-state index contributed by atoms with van der Waals surface area (Å²) in [5, 5.41) is 5.45. The van der Waals surface area contributed by atoms with Gasteiger partial charge in [0.1, 0.15) is 0 Å². The highest BCUT2D eigenvalue weighted by Crippen LogP contribution is 2.29. The largest absolute Gasteiger partial charge is 0.348 e. The smallest absolute Gasteiger partial charge is 0.313 e. The summed E-state index contributed by atoms with van der Waals surface area (Å²) in [5.74, 6) is -1.18. The SMILES string of the molecule is CC(C)CNC(=O)C(=O)Nc1cccc(Cl)c1Cl. The first-order valence-corrected chi connectivity index (χ1v) is 6.20. The molecule has 0 radical (unpaired) electrons. The molecule has 0 spiro atoms. The molecule has 0 saturated carbocycles. The zero-order valence-corrected chi connectivity index (χ0v) is 11.6. The monoisotopic (exact) mass is 288 g/mol. The third kappa shape index (κ3) is 4.20. The fourth-order valence-corrected chi connectivity index (χ4v) is 1.50. The van der Waals surface area contributed by atoms with Crippen molar-refractivity contribution in [2.75, 3.05) is 11.9 Å². The molecule has 0 aliphatic heterocycles. The molecular formula is C12H14Cl2N2O2. The number of halogens is 2. The zero-order valence-electron chi connectivity index (χ0n) is 10.1. The van der Waals surface area contributed by atoms with E-state index in [2.05, 4.69) is 10.6 Å². The van der Waals surface area contributed by atoms with Crippen LogP contribution in [0.25, 0.3) is 0 Å². The van der Waals surface area contributed by atoms with E-state index in [0.29, 0.717) is 17.3 Å². The molecular weight excluding hydrogens is 275 g/mol. The van der Waals surface area contributed by atoms with Gasteiger partial charge in [-0.15, -0.1) is 0 Å². The van der Waals surface area contributed by atoms with Crippen LogP contribution in [0.15, 0.2) is 18.2 Å². The minimum absolute atomic E-state index is 0.212. The maximum absolute atomic E-state index is 11.6. The Hall–Kier alpha value is -1.26. The molecule has 2 amide bonds. The molecule has 0 fully saturated rings. The summed E-state index contributed by atoms with van der Waals surface area (Å²) in [6.07, 6.45) is 0. The van der Waals surface area contributed by atoms with Gasteiger partial charge in [-0.25, -0.2) is 0 Å². The van der Waals surface area contributed by atoms with Crippen LogP contribution in [-0.2, 0) is 9.59 Å². The molecule has 18 heavy (non-hydrogen) atoms. The third-order valence-electron chi connectivity index (χ3n) is 2.08. The van der Waals surface area contributed by atoms with Gasteiger partial charge in [0.25, 0.3) is 0 Å². The van der Waals surface area contributed by atoms with Crippen molar-refractivity contribution in [2.24, 2.45) is 5.92 Å². The first kappa shape index (κ1) is 14.8. The molecule has 4 nitrogen and oxygen atoms in total. The van der Waals surface area contributed by atoms with Gasteiger partial charge >= 0.3 is 11.8 Å². The number of rotatable bonds is 3. The zero-order chi connectivity index (χ0) is 13.7. The molecule has 0 heterocycles. The highest BCUT2D eigenvalue weighted by Gasteiger charge is 2.15. The molecule has 1 rings (SSSR count). The van der Waals surface area contributed by atoms with Gasteiger partial charge in [-0.3, -0.25) is 9.59 Å². The first-order chi connectivity index (χ1) is 8.41. The van der Waals surface area contributed by atoms with E-state index in [-0.39, 0.29) is 10.9 Å². The van der Waals surface area contributed by atoms with Gasteiger partial charge in [-0.05, 0) is 18.1 Å². The maximum atomic E-state index is 11.6. The van der Waals surface area contributed by atoms with Gasteiger partial charge < -0.3 is 10.6 Å². The predicted molar refractivity (Wildman–Crippen MR) is 72.9 cm³/mol. The van der Waals surface area contributed by atoms with Crippen molar-refractivity contribution in [2.45, 2.75) is 13.8 Å².